The Morgan fingerprint density at radius 2 is 0.769 bits per heavy atom. The summed E-state index contributed by atoms with van der Waals surface area (Å²) in [5, 5.41) is 0. The van der Waals surface area contributed by atoms with Crippen molar-refractivity contribution in [3.63, 3.8) is 0 Å². The van der Waals surface area contributed by atoms with Crippen LogP contribution in [0.1, 0.15) is 105 Å². The fourth-order valence-electron chi connectivity index (χ4n) is 3.43. The quantitative estimate of drug-likeness (QED) is 0.105. The van der Waals surface area contributed by atoms with Gasteiger partial charge in [0, 0.05) is 7.26 Å². The average molecular weight is 402 g/mol. The number of halogens is 4. The van der Waals surface area contributed by atoms with Gasteiger partial charge in [-0.05, 0) is 45.4 Å². The van der Waals surface area contributed by atoms with Gasteiger partial charge < -0.3 is 17.3 Å². The molecule has 0 atom stereocenters. The fraction of sp³-hybridized carbons (Fsp3) is 1.00. The van der Waals surface area contributed by atoms with Crippen molar-refractivity contribution in [3.8, 4) is 0 Å². The van der Waals surface area contributed by atoms with Crippen molar-refractivity contribution in [3.05, 3.63) is 0 Å². The van der Waals surface area contributed by atoms with Crippen LogP contribution >= 0.6 is 7.26 Å². The van der Waals surface area contributed by atoms with Crippen LogP contribution in [0.15, 0.2) is 0 Å². The molecule has 6 heteroatoms. The Kier molecular flexibility index (Phi) is 20.3. The van der Waals surface area contributed by atoms with Crippen LogP contribution < -0.4 is 0 Å². The lowest BCUT2D eigenvalue weighted by molar-refractivity contribution is 0.368. The third kappa shape index (κ3) is 22.3. The molecule has 0 saturated heterocycles. The summed E-state index contributed by atoms with van der Waals surface area (Å²) in [5.74, 6) is 0. The normalized spacial score (nSPS) is 12.0. The van der Waals surface area contributed by atoms with E-state index in [0.29, 0.717) is 0 Å². The number of unbranched alkanes of at least 4 members (excludes halogenated alkanes) is 9. The van der Waals surface area contributed by atoms with Gasteiger partial charge in [-0.3, -0.25) is 0 Å². The first-order valence-electron chi connectivity index (χ1n) is 11.0. The Morgan fingerprint density at radius 3 is 0.962 bits per heavy atom. The molecule has 0 aliphatic carbocycles. The maximum atomic E-state index is 9.75. The van der Waals surface area contributed by atoms with E-state index in [1.807, 2.05) is 0 Å². The Labute approximate surface area is 161 Å². The molecule has 0 fully saturated rings. The summed E-state index contributed by atoms with van der Waals surface area (Å²) in [4.78, 5) is 0. The Morgan fingerprint density at radius 1 is 0.500 bits per heavy atom. The van der Waals surface area contributed by atoms with Gasteiger partial charge in [0.25, 0.3) is 0 Å². The molecule has 0 nitrogen and oxygen atoms in total. The second-order valence-corrected chi connectivity index (χ2v) is 12.2. The van der Waals surface area contributed by atoms with Gasteiger partial charge in [0.2, 0.25) is 0 Å². The monoisotopic (exact) mass is 402 g/mol. The molecule has 26 heavy (non-hydrogen) atoms. The SMILES string of the molecule is CCCCCC[P+](CC)(CCCCCC)CCCCCC.F[B-](F)(F)F. The fourth-order valence-corrected chi connectivity index (χ4v) is 7.73. The molecule has 0 N–H and O–H groups in total. The maximum absolute atomic E-state index is 9.75. The van der Waals surface area contributed by atoms with Crippen LogP contribution in [0.25, 0.3) is 0 Å². The summed E-state index contributed by atoms with van der Waals surface area (Å²) in [6.45, 7) is 9.50. The van der Waals surface area contributed by atoms with Gasteiger partial charge in [-0.25, -0.2) is 0 Å². The molecule has 0 aromatic rings. The molecule has 0 saturated carbocycles. The number of hydrogen-bond acceptors (Lipinski definition) is 0. The van der Waals surface area contributed by atoms with Crippen molar-refractivity contribution < 1.29 is 17.3 Å². The lowest BCUT2D eigenvalue weighted by atomic mass is 10.2. The van der Waals surface area contributed by atoms with Gasteiger partial charge in [-0.2, -0.15) is 0 Å². The molecule has 0 aliphatic heterocycles. The van der Waals surface area contributed by atoms with Crippen LogP contribution in [-0.4, -0.2) is 31.9 Å². The van der Waals surface area contributed by atoms with E-state index in [2.05, 4.69) is 27.7 Å². The van der Waals surface area contributed by atoms with Crippen LogP contribution in [0.3, 0.4) is 0 Å². The molecule has 0 unspecified atom stereocenters. The topological polar surface area (TPSA) is 0 Å². The molecule has 0 aliphatic rings. The summed E-state index contributed by atoms with van der Waals surface area (Å²) >= 11 is 0. The number of hydrogen-bond donors (Lipinski definition) is 0. The number of rotatable bonds is 16. The van der Waals surface area contributed by atoms with Crippen LogP contribution in [-0.2, 0) is 0 Å². The van der Waals surface area contributed by atoms with E-state index < -0.39 is 14.5 Å². The summed E-state index contributed by atoms with van der Waals surface area (Å²) in [5.41, 5.74) is 0. The zero-order valence-corrected chi connectivity index (χ0v) is 18.7. The standard InChI is InChI=1S/C20H44P.BF4/c1-5-9-12-15-18-21(8-4,19-16-13-10-6-2)20-17-14-11-7-3;2-1(3,4)5/h5-20H2,1-4H3;/q+1;-1. The molecule has 0 heterocycles. The minimum absolute atomic E-state index is 0.598. The summed E-state index contributed by atoms with van der Waals surface area (Å²) in [7, 11) is -6.60. The summed E-state index contributed by atoms with van der Waals surface area (Å²) < 4.78 is 39.0. The van der Waals surface area contributed by atoms with Crippen molar-refractivity contribution in [2.24, 2.45) is 0 Å². The summed E-state index contributed by atoms with van der Waals surface area (Å²) in [6, 6.07) is 0. The highest BCUT2D eigenvalue weighted by atomic mass is 31.2. The van der Waals surface area contributed by atoms with Gasteiger partial charge in [-0.1, -0.05) is 59.3 Å². The highest BCUT2D eigenvalue weighted by Gasteiger charge is 2.33. The van der Waals surface area contributed by atoms with Crippen molar-refractivity contribution in [2.75, 3.05) is 24.6 Å². The largest absolute Gasteiger partial charge is 0.673 e. The van der Waals surface area contributed by atoms with Gasteiger partial charge in [0.1, 0.15) is 0 Å². The van der Waals surface area contributed by atoms with Crippen LogP contribution in [0.4, 0.5) is 17.3 Å². The molecule has 0 spiro atoms. The van der Waals surface area contributed by atoms with Crippen LogP contribution in [0, 0.1) is 0 Å². The molecule has 0 amide bonds. The molecule has 0 aromatic heterocycles. The highest BCUT2D eigenvalue weighted by molar-refractivity contribution is 7.75. The molecule has 0 bridgehead atoms. The predicted molar refractivity (Wildman–Crippen MR) is 115 cm³/mol. The van der Waals surface area contributed by atoms with E-state index in [9.17, 15) is 17.3 Å². The minimum atomic E-state index is -6.00. The maximum Gasteiger partial charge on any atom is 0.673 e. The average Bonchev–Trinajstić information content (AvgIpc) is 2.57. The van der Waals surface area contributed by atoms with E-state index >= 15 is 0 Å². The first-order valence-corrected chi connectivity index (χ1v) is 13.5. The minimum Gasteiger partial charge on any atom is -0.418 e. The van der Waals surface area contributed by atoms with Crippen molar-refractivity contribution in [1.29, 1.82) is 0 Å². The molecule has 160 valence electrons. The van der Waals surface area contributed by atoms with Crippen LogP contribution in [0.5, 0.6) is 0 Å². The Balaban J connectivity index is 0. The van der Waals surface area contributed by atoms with E-state index in [1.54, 1.807) is 18.5 Å². The lowest BCUT2D eigenvalue weighted by Gasteiger charge is -2.27. The first-order chi connectivity index (χ1) is 12.2. The third-order valence-electron chi connectivity index (χ3n) is 5.13. The molecule has 0 aromatic carbocycles. The zero-order valence-electron chi connectivity index (χ0n) is 17.9. The molecule has 0 rings (SSSR count). The Bertz CT molecular complexity index is 248. The molecule has 0 radical (unpaired) electrons. The van der Waals surface area contributed by atoms with Crippen molar-refractivity contribution in [2.45, 2.75) is 105 Å². The second kappa shape index (κ2) is 18.6. The van der Waals surface area contributed by atoms with Gasteiger partial charge in [0.15, 0.2) is 0 Å². The van der Waals surface area contributed by atoms with Crippen LogP contribution in [0.2, 0.25) is 0 Å². The smallest absolute Gasteiger partial charge is 0.418 e. The van der Waals surface area contributed by atoms with E-state index in [0.717, 1.165) is 0 Å². The van der Waals surface area contributed by atoms with E-state index in [1.165, 1.54) is 83.2 Å². The highest BCUT2D eigenvalue weighted by Crippen LogP contribution is 2.60. The molecular weight excluding hydrogens is 358 g/mol. The van der Waals surface area contributed by atoms with Gasteiger partial charge in [0.05, 0.1) is 24.6 Å². The first kappa shape index (κ1) is 28.4. The van der Waals surface area contributed by atoms with Crippen molar-refractivity contribution in [1.82, 2.24) is 0 Å². The summed E-state index contributed by atoms with van der Waals surface area (Å²) in [6.07, 6.45) is 23.9. The van der Waals surface area contributed by atoms with E-state index in [-0.39, 0.29) is 0 Å². The second-order valence-electron chi connectivity index (χ2n) is 7.51. The molecular formula is C20H44BF4P. The Hall–Kier alpha value is 0.215. The van der Waals surface area contributed by atoms with Gasteiger partial charge in [-0.15, -0.1) is 0 Å². The lowest BCUT2D eigenvalue weighted by Crippen LogP contribution is -2.11. The van der Waals surface area contributed by atoms with E-state index in [4.69, 9.17) is 0 Å². The van der Waals surface area contributed by atoms with Crippen molar-refractivity contribution >= 4 is 14.5 Å². The zero-order chi connectivity index (χ0) is 20.3. The predicted octanol–water partition coefficient (Wildman–Crippen LogP) is 9.06. The third-order valence-corrected chi connectivity index (χ3v) is 10.3. The van der Waals surface area contributed by atoms with Gasteiger partial charge >= 0.3 is 7.25 Å².